The first-order valence-corrected chi connectivity index (χ1v) is 5.55. The van der Waals surface area contributed by atoms with Crippen molar-refractivity contribution in [2.45, 2.75) is 6.42 Å². The van der Waals surface area contributed by atoms with Gasteiger partial charge in [0.25, 0.3) is 0 Å². The van der Waals surface area contributed by atoms with Crippen LogP contribution in [0.2, 0.25) is 5.02 Å². The Labute approximate surface area is 95.6 Å². The van der Waals surface area contributed by atoms with E-state index in [2.05, 4.69) is 20.9 Å². The van der Waals surface area contributed by atoms with Gasteiger partial charge < -0.3 is 10.7 Å². The Hall–Kier alpha value is -0.510. The van der Waals surface area contributed by atoms with Gasteiger partial charge in [0, 0.05) is 21.6 Å². The summed E-state index contributed by atoms with van der Waals surface area (Å²) in [6, 6.07) is 3.85. The van der Waals surface area contributed by atoms with Crippen molar-refractivity contribution in [3.8, 4) is 0 Å². The molecule has 74 valence electrons. The average molecular weight is 274 g/mol. The van der Waals surface area contributed by atoms with E-state index in [0.29, 0.717) is 6.54 Å². The van der Waals surface area contributed by atoms with E-state index in [-0.39, 0.29) is 0 Å². The zero-order chi connectivity index (χ0) is 10.1. The summed E-state index contributed by atoms with van der Waals surface area (Å²) in [7, 11) is 0. The summed E-state index contributed by atoms with van der Waals surface area (Å²) in [5, 5.41) is 1.87. The minimum absolute atomic E-state index is 0.645. The maximum atomic E-state index is 6.02. The molecule has 0 aliphatic rings. The second-order valence-corrected chi connectivity index (χ2v) is 4.34. The number of halogens is 2. The monoisotopic (exact) mass is 272 g/mol. The van der Waals surface area contributed by atoms with Crippen LogP contribution >= 0.6 is 27.5 Å². The standard InChI is InChI=1S/C10H10BrClN2/c11-10-7(12)1-2-8-9(10)6(3-4-13)5-14-8/h1-2,5,14H,3-4,13H2. The summed E-state index contributed by atoms with van der Waals surface area (Å²) < 4.78 is 0.946. The molecule has 0 bridgehead atoms. The fraction of sp³-hybridized carbons (Fsp3) is 0.200. The average Bonchev–Trinajstić information content (AvgIpc) is 2.57. The highest BCUT2D eigenvalue weighted by Crippen LogP contribution is 2.33. The molecule has 0 saturated heterocycles. The Morgan fingerprint density at radius 3 is 2.93 bits per heavy atom. The van der Waals surface area contributed by atoms with Gasteiger partial charge >= 0.3 is 0 Å². The van der Waals surface area contributed by atoms with Crippen molar-refractivity contribution in [3.05, 3.63) is 33.4 Å². The van der Waals surface area contributed by atoms with Gasteiger partial charge in [-0.05, 0) is 46.6 Å². The van der Waals surface area contributed by atoms with E-state index < -0.39 is 0 Å². The second kappa shape index (κ2) is 3.93. The first kappa shape index (κ1) is 10.0. The van der Waals surface area contributed by atoms with E-state index in [0.717, 1.165) is 26.8 Å². The van der Waals surface area contributed by atoms with Crippen molar-refractivity contribution >= 4 is 38.4 Å². The summed E-state index contributed by atoms with van der Waals surface area (Å²) in [4.78, 5) is 3.20. The number of hydrogen-bond acceptors (Lipinski definition) is 1. The maximum absolute atomic E-state index is 6.02. The van der Waals surface area contributed by atoms with E-state index in [4.69, 9.17) is 17.3 Å². The van der Waals surface area contributed by atoms with Gasteiger partial charge in [0.1, 0.15) is 0 Å². The van der Waals surface area contributed by atoms with E-state index in [1.54, 1.807) is 0 Å². The van der Waals surface area contributed by atoms with Crippen molar-refractivity contribution in [1.29, 1.82) is 0 Å². The van der Waals surface area contributed by atoms with Crippen LogP contribution in [0.15, 0.2) is 22.8 Å². The summed E-state index contributed by atoms with van der Waals surface area (Å²) in [5.41, 5.74) is 7.83. The molecule has 2 aromatic rings. The smallest absolute Gasteiger partial charge is 0.0555 e. The summed E-state index contributed by atoms with van der Waals surface area (Å²) in [5.74, 6) is 0. The van der Waals surface area contributed by atoms with Crippen LogP contribution in [0, 0.1) is 0 Å². The quantitative estimate of drug-likeness (QED) is 0.867. The number of H-pyrrole nitrogens is 1. The molecule has 1 aromatic carbocycles. The van der Waals surface area contributed by atoms with Crippen molar-refractivity contribution in [2.24, 2.45) is 5.73 Å². The largest absolute Gasteiger partial charge is 0.361 e. The van der Waals surface area contributed by atoms with E-state index in [1.165, 1.54) is 5.56 Å². The number of nitrogens with two attached hydrogens (primary N) is 1. The first-order chi connectivity index (χ1) is 6.74. The SMILES string of the molecule is NCCc1c[nH]c2ccc(Cl)c(Br)c12. The molecule has 4 heteroatoms. The molecule has 2 rings (SSSR count). The fourth-order valence-electron chi connectivity index (χ4n) is 1.57. The molecule has 3 N–H and O–H groups in total. The maximum Gasteiger partial charge on any atom is 0.0555 e. The predicted molar refractivity (Wildman–Crippen MR) is 63.8 cm³/mol. The number of hydrogen-bond donors (Lipinski definition) is 2. The van der Waals surface area contributed by atoms with Crippen LogP contribution < -0.4 is 5.73 Å². The van der Waals surface area contributed by atoms with Crippen molar-refractivity contribution in [1.82, 2.24) is 4.98 Å². The highest BCUT2D eigenvalue weighted by Gasteiger charge is 2.08. The van der Waals surface area contributed by atoms with Crippen LogP contribution in [0.3, 0.4) is 0 Å². The van der Waals surface area contributed by atoms with Gasteiger partial charge in [0.05, 0.1) is 5.02 Å². The number of rotatable bonds is 2. The molecule has 0 spiro atoms. The molecule has 0 amide bonds. The molecule has 2 nitrogen and oxygen atoms in total. The highest BCUT2D eigenvalue weighted by atomic mass is 79.9. The summed E-state index contributed by atoms with van der Waals surface area (Å²) in [6.07, 6.45) is 2.84. The minimum Gasteiger partial charge on any atom is -0.361 e. The number of aromatic amines is 1. The van der Waals surface area contributed by atoms with Crippen molar-refractivity contribution in [2.75, 3.05) is 6.54 Å². The summed E-state index contributed by atoms with van der Waals surface area (Å²) in [6.45, 7) is 0.645. The molecule has 0 radical (unpaired) electrons. The highest BCUT2D eigenvalue weighted by molar-refractivity contribution is 9.10. The molecule has 0 aliphatic carbocycles. The molecule has 0 fully saturated rings. The zero-order valence-corrected chi connectivity index (χ0v) is 9.82. The van der Waals surface area contributed by atoms with Crippen LogP contribution in [-0.2, 0) is 6.42 Å². The summed E-state index contributed by atoms with van der Waals surface area (Å²) >= 11 is 9.51. The number of nitrogens with one attached hydrogen (secondary N) is 1. The molecule has 0 aliphatic heterocycles. The van der Waals surface area contributed by atoms with Crippen LogP contribution in [-0.4, -0.2) is 11.5 Å². The number of benzene rings is 1. The lowest BCUT2D eigenvalue weighted by Crippen LogP contribution is -2.01. The van der Waals surface area contributed by atoms with Gasteiger partial charge in [-0.1, -0.05) is 11.6 Å². The Morgan fingerprint density at radius 1 is 1.43 bits per heavy atom. The van der Waals surface area contributed by atoms with E-state index >= 15 is 0 Å². The lowest BCUT2D eigenvalue weighted by atomic mass is 10.1. The first-order valence-electron chi connectivity index (χ1n) is 4.38. The molecular formula is C10H10BrClN2. The third-order valence-electron chi connectivity index (χ3n) is 2.23. The Balaban J connectivity index is 2.69. The third-order valence-corrected chi connectivity index (χ3v) is 3.60. The van der Waals surface area contributed by atoms with Gasteiger partial charge in [-0.3, -0.25) is 0 Å². The van der Waals surface area contributed by atoms with E-state index in [9.17, 15) is 0 Å². The third kappa shape index (κ3) is 1.56. The molecule has 1 heterocycles. The Kier molecular flexibility index (Phi) is 2.81. The molecular weight excluding hydrogens is 263 g/mol. The van der Waals surface area contributed by atoms with Gasteiger partial charge in [-0.25, -0.2) is 0 Å². The fourth-order valence-corrected chi connectivity index (χ4v) is 2.33. The van der Waals surface area contributed by atoms with Gasteiger partial charge in [-0.2, -0.15) is 0 Å². The second-order valence-electron chi connectivity index (χ2n) is 3.14. The van der Waals surface area contributed by atoms with E-state index in [1.807, 2.05) is 18.3 Å². The number of aromatic nitrogens is 1. The lowest BCUT2D eigenvalue weighted by Gasteiger charge is -2.01. The van der Waals surface area contributed by atoms with Gasteiger partial charge in [0.15, 0.2) is 0 Å². The lowest BCUT2D eigenvalue weighted by molar-refractivity contribution is 0.976. The molecule has 0 saturated carbocycles. The Bertz CT molecular complexity index is 464. The zero-order valence-electron chi connectivity index (χ0n) is 7.48. The molecule has 1 aromatic heterocycles. The van der Waals surface area contributed by atoms with Gasteiger partial charge in [0.2, 0.25) is 0 Å². The minimum atomic E-state index is 0.645. The van der Waals surface area contributed by atoms with Crippen LogP contribution in [0.5, 0.6) is 0 Å². The van der Waals surface area contributed by atoms with Crippen LogP contribution in [0.4, 0.5) is 0 Å². The predicted octanol–water partition coefficient (Wildman–Crippen LogP) is 3.09. The van der Waals surface area contributed by atoms with Crippen molar-refractivity contribution in [3.63, 3.8) is 0 Å². The molecule has 0 atom stereocenters. The van der Waals surface area contributed by atoms with Crippen LogP contribution in [0.1, 0.15) is 5.56 Å². The van der Waals surface area contributed by atoms with Crippen molar-refractivity contribution < 1.29 is 0 Å². The number of fused-ring (bicyclic) bond motifs is 1. The normalized spacial score (nSPS) is 11.1. The molecule has 14 heavy (non-hydrogen) atoms. The Morgan fingerprint density at radius 2 is 2.21 bits per heavy atom. The van der Waals surface area contributed by atoms with Crippen LogP contribution in [0.25, 0.3) is 10.9 Å². The topological polar surface area (TPSA) is 41.8 Å². The molecule has 0 unspecified atom stereocenters. The van der Waals surface area contributed by atoms with Gasteiger partial charge in [-0.15, -0.1) is 0 Å².